The Kier molecular flexibility index (Phi) is 7.89. The first-order valence-electron chi connectivity index (χ1n) is 10.2. The zero-order valence-electron chi connectivity index (χ0n) is 18.6. The summed E-state index contributed by atoms with van der Waals surface area (Å²) in [6.45, 7) is 10.1. The van der Waals surface area contributed by atoms with Gasteiger partial charge in [0.25, 0.3) is 0 Å². The van der Waals surface area contributed by atoms with Gasteiger partial charge in [0.2, 0.25) is 15.9 Å². The molecule has 2 aromatic carbocycles. The van der Waals surface area contributed by atoms with Crippen molar-refractivity contribution < 1.29 is 17.9 Å². The number of nitrogens with zero attached hydrogens (tertiary/aromatic N) is 1. The summed E-state index contributed by atoms with van der Waals surface area (Å²) in [4.78, 5) is 13.1. The van der Waals surface area contributed by atoms with Gasteiger partial charge >= 0.3 is 0 Å². The zero-order chi connectivity index (χ0) is 22.5. The number of nitrogens with one attached hydrogen (secondary N) is 1. The van der Waals surface area contributed by atoms with Crippen molar-refractivity contribution in [3.63, 3.8) is 0 Å². The van der Waals surface area contributed by atoms with E-state index in [1.54, 1.807) is 6.07 Å². The molecule has 1 N–H and O–H groups in total. The molecule has 0 saturated carbocycles. The molecule has 0 bridgehead atoms. The van der Waals surface area contributed by atoms with E-state index in [4.69, 9.17) is 4.74 Å². The molecule has 0 aliphatic carbocycles. The van der Waals surface area contributed by atoms with E-state index >= 15 is 0 Å². The summed E-state index contributed by atoms with van der Waals surface area (Å²) in [5.41, 5.74) is 3.45. The highest BCUT2D eigenvalue weighted by Gasteiger charge is 2.32. The first-order valence-corrected chi connectivity index (χ1v) is 12.0. The summed E-state index contributed by atoms with van der Waals surface area (Å²) in [5.74, 6) is 0.437. The molecule has 1 amide bonds. The van der Waals surface area contributed by atoms with E-state index in [-0.39, 0.29) is 11.9 Å². The second kappa shape index (κ2) is 9.98. The summed E-state index contributed by atoms with van der Waals surface area (Å²) < 4.78 is 31.9. The van der Waals surface area contributed by atoms with Gasteiger partial charge in [-0.15, -0.1) is 0 Å². The molecule has 164 valence electrons. The predicted molar refractivity (Wildman–Crippen MR) is 121 cm³/mol. The second-order valence-electron chi connectivity index (χ2n) is 7.48. The molecule has 2 aromatic rings. The third-order valence-corrected chi connectivity index (χ3v) is 6.30. The van der Waals surface area contributed by atoms with Gasteiger partial charge in [-0.25, -0.2) is 8.42 Å². The van der Waals surface area contributed by atoms with Crippen molar-refractivity contribution in [2.24, 2.45) is 0 Å². The van der Waals surface area contributed by atoms with E-state index in [1.165, 1.54) is 4.31 Å². The van der Waals surface area contributed by atoms with Gasteiger partial charge < -0.3 is 10.1 Å². The molecular weight excluding hydrogens is 400 g/mol. The van der Waals surface area contributed by atoms with Crippen LogP contribution >= 0.6 is 0 Å². The Hall–Kier alpha value is -2.54. The lowest BCUT2D eigenvalue weighted by molar-refractivity contribution is -0.122. The van der Waals surface area contributed by atoms with Gasteiger partial charge in [0.1, 0.15) is 11.8 Å². The van der Waals surface area contributed by atoms with Crippen molar-refractivity contribution in [1.82, 2.24) is 5.32 Å². The number of ether oxygens (including phenoxy) is 1. The van der Waals surface area contributed by atoms with E-state index < -0.39 is 16.1 Å². The van der Waals surface area contributed by atoms with Crippen LogP contribution in [0.25, 0.3) is 0 Å². The van der Waals surface area contributed by atoms with Crippen molar-refractivity contribution >= 4 is 21.6 Å². The molecule has 0 fully saturated rings. The van der Waals surface area contributed by atoms with Crippen molar-refractivity contribution in [2.75, 3.05) is 17.2 Å². The number of anilines is 1. The molecule has 0 spiro atoms. The summed E-state index contributed by atoms with van der Waals surface area (Å²) in [7, 11) is -3.66. The maximum absolute atomic E-state index is 13.1. The quantitative estimate of drug-likeness (QED) is 0.647. The number of carbonyl (C=O) groups is 1. The molecule has 0 radical (unpaired) electrons. The largest absolute Gasteiger partial charge is 0.494 e. The van der Waals surface area contributed by atoms with Gasteiger partial charge in [0, 0.05) is 0 Å². The van der Waals surface area contributed by atoms with Crippen LogP contribution in [-0.4, -0.2) is 33.2 Å². The predicted octanol–water partition coefficient (Wildman–Crippen LogP) is 4.12. The van der Waals surface area contributed by atoms with Crippen LogP contribution in [0.2, 0.25) is 0 Å². The first kappa shape index (κ1) is 23.7. The lowest BCUT2D eigenvalue weighted by atomic mass is 10.1. The van der Waals surface area contributed by atoms with Crippen molar-refractivity contribution in [2.45, 2.75) is 53.1 Å². The standard InChI is InChI=1S/C23H32N2O4S/c1-7-22(25(30(6,27)28)20-12-9-16(3)17(4)15-20)23(26)24-18(5)19-10-13-21(14-11-19)29-8-2/h9-15,18,22H,7-8H2,1-6H3,(H,24,26)/t18-,22-/m1/s1. The third kappa shape index (κ3) is 5.75. The maximum Gasteiger partial charge on any atom is 0.244 e. The smallest absolute Gasteiger partial charge is 0.244 e. The van der Waals surface area contributed by atoms with Crippen LogP contribution in [0.4, 0.5) is 5.69 Å². The maximum atomic E-state index is 13.1. The Labute approximate surface area is 180 Å². The first-order chi connectivity index (χ1) is 14.1. The minimum Gasteiger partial charge on any atom is -0.494 e. The van der Waals surface area contributed by atoms with E-state index in [0.29, 0.717) is 18.7 Å². The Bertz CT molecular complexity index is 971. The van der Waals surface area contributed by atoms with Gasteiger partial charge in [0.15, 0.2) is 0 Å². The Morgan fingerprint density at radius 1 is 1.07 bits per heavy atom. The minimum atomic E-state index is -3.66. The Morgan fingerprint density at radius 3 is 2.20 bits per heavy atom. The molecule has 7 heteroatoms. The molecule has 2 atom stereocenters. The molecule has 0 heterocycles. The van der Waals surface area contributed by atoms with E-state index in [0.717, 1.165) is 28.7 Å². The third-order valence-electron chi connectivity index (χ3n) is 5.12. The van der Waals surface area contributed by atoms with Crippen molar-refractivity contribution in [3.8, 4) is 5.75 Å². The number of hydrogen-bond donors (Lipinski definition) is 1. The number of hydrogen-bond acceptors (Lipinski definition) is 4. The number of sulfonamides is 1. The molecule has 2 rings (SSSR count). The monoisotopic (exact) mass is 432 g/mol. The lowest BCUT2D eigenvalue weighted by Crippen LogP contribution is -2.49. The fourth-order valence-electron chi connectivity index (χ4n) is 3.34. The van der Waals surface area contributed by atoms with E-state index in [9.17, 15) is 13.2 Å². The Balaban J connectivity index is 2.27. The lowest BCUT2D eigenvalue weighted by Gasteiger charge is -2.31. The van der Waals surface area contributed by atoms with Gasteiger partial charge in [-0.05, 0) is 75.1 Å². The van der Waals surface area contributed by atoms with Crippen molar-refractivity contribution in [1.29, 1.82) is 0 Å². The molecule has 0 aliphatic rings. The SMILES string of the molecule is CCOc1ccc([C@@H](C)NC(=O)[C@@H](CC)N(c2ccc(C)c(C)c2)S(C)(=O)=O)cc1. The Morgan fingerprint density at radius 2 is 1.70 bits per heavy atom. The van der Waals surface area contributed by atoms with Crippen LogP contribution in [-0.2, 0) is 14.8 Å². The van der Waals surface area contributed by atoms with Gasteiger partial charge in [0.05, 0.1) is 24.6 Å². The average Bonchev–Trinajstić information content (AvgIpc) is 2.68. The highest BCUT2D eigenvalue weighted by atomic mass is 32.2. The van der Waals surface area contributed by atoms with Crippen LogP contribution in [0.3, 0.4) is 0 Å². The fourth-order valence-corrected chi connectivity index (χ4v) is 4.54. The van der Waals surface area contributed by atoms with E-state index in [1.807, 2.05) is 71.0 Å². The summed E-state index contributed by atoms with van der Waals surface area (Å²) in [6, 6.07) is 11.8. The zero-order valence-corrected chi connectivity index (χ0v) is 19.4. The van der Waals surface area contributed by atoms with Crippen molar-refractivity contribution in [3.05, 3.63) is 59.2 Å². The molecule has 6 nitrogen and oxygen atoms in total. The number of benzene rings is 2. The highest BCUT2D eigenvalue weighted by Crippen LogP contribution is 2.26. The molecular formula is C23H32N2O4S. The average molecular weight is 433 g/mol. The fraction of sp³-hybridized carbons (Fsp3) is 0.435. The number of rotatable bonds is 9. The summed E-state index contributed by atoms with van der Waals surface area (Å²) >= 11 is 0. The molecule has 0 saturated heterocycles. The van der Waals surface area contributed by atoms with Crippen LogP contribution in [0.15, 0.2) is 42.5 Å². The number of amides is 1. The molecule has 30 heavy (non-hydrogen) atoms. The van der Waals surface area contributed by atoms with Crippen LogP contribution in [0.1, 0.15) is 49.9 Å². The van der Waals surface area contributed by atoms with Gasteiger partial charge in [-0.2, -0.15) is 0 Å². The van der Waals surface area contributed by atoms with E-state index in [2.05, 4.69) is 5.32 Å². The van der Waals surface area contributed by atoms with Gasteiger partial charge in [-0.1, -0.05) is 25.1 Å². The van der Waals surface area contributed by atoms with Crippen LogP contribution in [0, 0.1) is 13.8 Å². The molecule has 0 aromatic heterocycles. The summed E-state index contributed by atoms with van der Waals surface area (Å²) in [6.07, 6.45) is 1.48. The van der Waals surface area contributed by atoms with Crippen LogP contribution in [0.5, 0.6) is 5.75 Å². The minimum absolute atomic E-state index is 0.275. The second-order valence-corrected chi connectivity index (χ2v) is 9.34. The van der Waals surface area contributed by atoms with Gasteiger partial charge in [-0.3, -0.25) is 9.10 Å². The topological polar surface area (TPSA) is 75.7 Å². The molecule has 0 aliphatic heterocycles. The highest BCUT2D eigenvalue weighted by molar-refractivity contribution is 7.92. The normalized spacial score (nSPS) is 13.4. The van der Waals surface area contributed by atoms with Crippen LogP contribution < -0.4 is 14.4 Å². The number of carbonyl (C=O) groups excluding carboxylic acids is 1. The number of aryl methyl sites for hydroxylation is 2. The molecule has 0 unspecified atom stereocenters. The summed E-state index contributed by atoms with van der Waals surface area (Å²) in [5, 5.41) is 2.96.